The first kappa shape index (κ1) is 8.04. The highest BCUT2D eigenvalue weighted by Crippen LogP contribution is 2.16. The quantitative estimate of drug-likeness (QED) is 0.380. The maximum Gasteiger partial charge on any atom is 0.464 e. The SMILES string of the molecule is C[N+](=O)Nc1nonc1[N+](=O)[O-]. The number of nitroso groups, excluding NO2 is 1. The number of nitrogens with zero attached hydrogens (tertiary/aromatic N) is 4. The van der Waals surface area contributed by atoms with Crippen molar-refractivity contribution in [1.29, 1.82) is 0 Å². The van der Waals surface area contributed by atoms with E-state index >= 15 is 0 Å². The molecule has 12 heavy (non-hydrogen) atoms. The minimum atomic E-state index is -0.817. The molecule has 0 aliphatic rings. The Morgan fingerprint density at radius 2 is 2.17 bits per heavy atom. The second-order valence-electron chi connectivity index (χ2n) is 1.80. The molecule has 0 atom stereocenters. The molecule has 0 aliphatic heterocycles. The van der Waals surface area contributed by atoms with Crippen LogP contribution in [-0.2, 0) is 0 Å². The van der Waals surface area contributed by atoms with E-state index in [4.69, 9.17) is 0 Å². The van der Waals surface area contributed by atoms with Crippen LogP contribution in [0.3, 0.4) is 0 Å². The standard InChI is InChI=1S/C3H4N5O4/c1-7(9)4-2-3(8(10)11)6-12-5-2/h1H3,(H,4,5,9)/q+1. The van der Waals surface area contributed by atoms with Crippen molar-refractivity contribution in [3.63, 3.8) is 0 Å². The Morgan fingerprint density at radius 1 is 1.50 bits per heavy atom. The third-order valence-corrected chi connectivity index (χ3v) is 0.907. The topological polar surface area (TPSA) is 114 Å². The van der Waals surface area contributed by atoms with Gasteiger partial charge in [-0.3, -0.25) is 0 Å². The van der Waals surface area contributed by atoms with Gasteiger partial charge in [-0.1, -0.05) is 5.43 Å². The van der Waals surface area contributed by atoms with Gasteiger partial charge < -0.3 is 10.1 Å². The number of aromatic nitrogens is 2. The molecule has 0 aliphatic carbocycles. The van der Waals surface area contributed by atoms with Gasteiger partial charge >= 0.3 is 11.6 Å². The molecule has 9 nitrogen and oxygen atoms in total. The summed E-state index contributed by atoms with van der Waals surface area (Å²) in [6.45, 7) is 0. The summed E-state index contributed by atoms with van der Waals surface area (Å²) in [5, 5.41) is 16.2. The number of hydrazine groups is 1. The van der Waals surface area contributed by atoms with Crippen molar-refractivity contribution in [1.82, 2.24) is 10.3 Å². The van der Waals surface area contributed by atoms with Gasteiger partial charge in [0.15, 0.2) is 5.16 Å². The summed E-state index contributed by atoms with van der Waals surface area (Å²) < 4.78 is 4.04. The van der Waals surface area contributed by atoms with Crippen molar-refractivity contribution in [3.8, 4) is 0 Å². The fourth-order valence-electron chi connectivity index (χ4n) is 0.523. The van der Waals surface area contributed by atoms with Gasteiger partial charge in [-0.15, -0.1) is 4.63 Å². The maximum absolute atomic E-state index is 10.4. The number of rotatable bonds is 3. The van der Waals surface area contributed by atoms with Crippen LogP contribution in [0.25, 0.3) is 0 Å². The molecule has 1 rings (SSSR count). The largest absolute Gasteiger partial charge is 0.464 e. The molecular weight excluding hydrogens is 170 g/mol. The van der Waals surface area contributed by atoms with E-state index < -0.39 is 10.7 Å². The van der Waals surface area contributed by atoms with E-state index in [1.54, 1.807) is 0 Å². The van der Waals surface area contributed by atoms with Crippen molar-refractivity contribution in [2.45, 2.75) is 0 Å². The second kappa shape index (κ2) is 2.90. The lowest BCUT2D eigenvalue weighted by molar-refractivity contribution is -0.487. The van der Waals surface area contributed by atoms with Crippen LogP contribution in [0, 0.1) is 15.0 Å². The van der Waals surface area contributed by atoms with E-state index in [0.717, 1.165) is 7.05 Å². The summed E-state index contributed by atoms with van der Waals surface area (Å²) in [5.74, 6) is -0.949. The molecule has 0 spiro atoms. The Hall–Kier alpha value is -2.06. The van der Waals surface area contributed by atoms with Gasteiger partial charge in [0, 0.05) is 5.16 Å². The van der Waals surface area contributed by atoms with Crippen LogP contribution < -0.4 is 5.43 Å². The van der Waals surface area contributed by atoms with Crippen LogP contribution in [0.1, 0.15) is 0 Å². The van der Waals surface area contributed by atoms with Gasteiger partial charge in [-0.05, 0) is 4.92 Å². The zero-order chi connectivity index (χ0) is 9.14. The first-order valence-corrected chi connectivity index (χ1v) is 2.75. The second-order valence-corrected chi connectivity index (χ2v) is 1.80. The molecule has 0 saturated carbocycles. The highest BCUT2D eigenvalue weighted by molar-refractivity contribution is 5.46. The van der Waals surface area contributed by atoms with Gasteiger partial charge in [0.1, 0.15) is 4.87 Å². The number of anilines is 1. The monoisotopic (exact) mass is 174 g/mol. The first-order chi connectivity index (χ1) is 5.61. The summed E-state index contributed by atoms with van der Waals surface area (Å²) in [5.41, 5.74) is 2.00. The van der Waals surface area contributed by atoms with E-state index in [2.05, 4.69) is 14.9 Å². The van der Waals surface area contributed by atoms with Gasteiger partial charge in [-0.25, -0.2) is 0 Å². The Balaban J connectivity index is 2.91. The average Bonchev–Trinajstić information content (AvgIpc) is 2.33. The van der Waals surface area contributed by atoms with Crippen LogP contribution in [0.15, 0.2) is 4.63 Å². The molecule has 0 bridgehead atoms. The fraction of sp³-hybridized carbons (Fsp3) is 0.333. The van der Waals surface area contributed by atoms with Crippen LogP contribution in [-0.4, -0.2) is 27.2 Å². The lowest BCUT2D eigenvalue weighted by atomic mass is 10.7. The molecule has 0 radical (unpaired) electrons. The summed E-state index contributed by atoms with van der Waals surface area (Å²) in [4.78, 5) is 19.9. The number of nitro groups is 1. The lowest BCUT2D eigenvalue weighted by Gasteiger charge is -1.86. The predicted molar refractivity (Wildman–Crippen MR) is 34.1 cm³/mol. The maximum atomic E-state index is 10.4. The van der Waals surface area contributed by atoms with Gasteiger partial charge in [0.05, 0.1) is 4.91 Å². The van der Waals surface area contributed by atoms with Crippen LogP contribution in [0.5, 0.6) is 0 Å². The molecule has 1 aromatic rings. The van der Waals surface area contributed by atoms with E-state index in [1.165, 1.54) is 0 Å². The van der Waals surface area contributed by atoms with E-state index in [0.29, 0.717) is 0 Å². The summed E-state index contributed by atoms with van der Waals surface area (Å²) in [7, 11) is 1.11. The van der Waals surface area contributed by atoms with Crippen molar-refractivity contribution >= 4 is 11.6 Å². The van der Waals surface area contributed by atoms with E-state index in [-0.39, 0.29) is 10.7 Å². The van der Waals surface area contributed by atoms with Crippen molar-refractivity contribution < 1.29 is 14.4 Å². The molecule has 0 unspecified atom stereocenters. The third kappa shape index (κ3) is 1.51. The highest BCUT2D eigenvalue weighted by atomic mass is 16.6. The number of nitrogens with one attached hydrogen (secondary N) is 1. The Kier molecular flexibility index (Phi) is 1.94. The zero-order valence-corrected chi connectivity index (χ0v) is 5.92. The molecule has 1 N–H and O–H groups in total. The molecule has 1 aromatic heterocycles. The van der Waals surface area contributed by atoms with E-state index in [9.17, 15) is 15.0 Å². The van der Waals surface area contributed by atoms with Crippen LogP contribution >= 0.6 is 0 Å². The molecule has 1 heterocycles. The Morgan fingerprint density at radius 3 is 2.67 bits per heavy atom. The van der Waals surface area contributed by atoms with Crippen molar-refractivity contribution in [2.75, 3.05) is 12.5 Å². The smallest absolute Gasteiger partial charge is 0.358 e. The number of hydrogen-bond donors (Lipinski definition) is 1. The van der Waals surface area contributed by atoms with E-state index in [1.807, 2.05) is 5.43 Å². The molecule has 0 amide bonds. The molecule has 64 valence electrons. The minimum absolute atomic E-state index is 0.243. The van der Waals surface area contributed by atoms with Crippen molar-refractivity contribution in [3.05, 3.63) is 15.0 Å². The third-order valence-electron chi connectivity index (χ3n) is 0.907. The minimum Gasteiger partial charge on any atom is -0.358 e. The Bertz CT molecular complexity index is 318. The zero-order valence-electron chi connectivity index (χ0n) is 5.92. The van der Waals surface area contributed by atoms with Gasteiger partial charge in [0.2, 0.25) is 7.05 Å². The molecule has 9 heteroatoms. The molecule has 0 aromatic carbocycles. The average molecular weight is 174 g/mol. The fourth-order valence-corrected chi connectivity index (χ4v) is 0.523. The van der Waals surface area contributed by atoms with Crippen molar-refractivity contribution in [2.24, 2.45) is 0 Å². The Labute approximate surface area is 65.0 Å². The first-order valence-electron chi connectivity index (χ1n) is 2.75. The normalized spacial score (nSPS) is 9.42. The predicted octanol–water partition coefficient (Wildman–Crippen LogP) is -0.287. The summed E-state index contributed by atoms with van der Waals surface area (Å²) >= 11 is 0. The summed E-state index contributed by atoms with van der Waals surface area (Å²) in [6.07, 6.45) is 0. The molecule has 0 saturated heterocycles. The van der Waals surface area contributed by atoms with Gasteiger partial charge in [-0.2, -0.15) is 0 Å². The van der Waals surface area contributed by atoms with Crippen LogP contribution in [0.2, 0.25) is 0 Å². The van der Waals surface area contributed by atoms with Crippen LogP contribution in [0.4, 0.5) is 11.6 Å². The summed E-state index contributed by atoms with van der Waals surface area (Å²) in [6, 6.07) is 0. The molecular formula is C3H4N5O4+. The molecule has 0 fully saturated rings. The lowest BCUT2D eigenvalue weighted by Crippen LogP contribution is -2.11. The number of hydrogen-bond acceptors (Lipinski definition) is 6. The van der Waals surface area contributed by atoms with Gasteiger partial charge in [0.25, 0.3) is 0 Å². The highest BCUT2D eigenvalue weighted by Gasteiger charge is 2.25.